The fourth-order valence-electron chi connectivity index (χ4n) is 2.56. The van der Waals surface area contributed by atoms with E-state index in [0.717, 1.165) is 0 Å². The largest absolute Gasteiger partial charge is 0.508 e. The van der Waals surface area contributed by atoms with Gasteiger partial charge in [0.1, 0.15) is 11.8 Å². The number of carbonyl (C=O) groups is 2. The molecule has 114 valence electrons. The molecule has 0 aromatic heterocycles. The third-order valence-corrected chi connectivity index (χ3v) is 3.67. The number of hydrogen-bond donors (Lipinski definition) is 2. The second kappa shape index (κ2) is 6.58. The van der Waals surface area contributed by atoms with Crippen molar-refractivity contribution in [2.75, 3.05) is 13.7 Å². The van der Waals surface area contributed by atoms with E-state index in [1.165, 1.54) is 12.0 Å². The molecule has 0 saturated carbocycles. The fourth-order valence-corrected chi connectivity index (χ4v) is 2.56. The molecule has 2 rings (SSSR count). The summed E-state index contributed by atoms with van der Waals surface area (Å²) in [6, 6.07) is 6.10. The van der Waals surface area contributed by atoms with Crippen LogP contribution in [0.25, 0.3) is 0 Å². The number of ether oxygens (including phenoxy) is 1. The first kappa shape index (κ1) is 15.3. The van der Waals surface area contributed by atoms with Gasteiger partial charge in [-0.05, 0) is 18.1 Å². The van der Waals surface area contributed by atoms with Crippen LogP contribution in [-0.2, 0) is 20.7 Å². The summed E-state index contributed by atoms with van der Waals surface area (Å²) in [5.74, 6) is -0.594. The Bertz CT molecular complexity index is 531. The van der Waals surface area contributed by atoms with E-state index in [1.54, 1.807) is 24.3 Å². The number of aliphatic hydroxyl groups excluding tert-OH is 1. The van der Waals surface area contributed by atoms with Gasteiger partial charge in [0.2, 0.25) is 5.91 Å². The Morgan fingerprint density at radius 2 is 2.10 bits per heavy atom. The Labute approximate surface area is 122 Å². The van der Waals surface area contributed by atoms with Crippen molar-refractivity contribution in [2.45, 2.75) is 31.4 Å². The van der Waals surface area contributed by atoms with Gasteiger partial charge in [0, 0.05) is 19.4 Å². The monoisotopic (exact) mass is 293 g/mol. The van der Waals surface area contributed by atoms with E-state index in [-0.39, 0.29) is 31.0 Å². The summed E-state index contributed by atoms with van der Waals surface area (Å²) in [5, 5.41) is 19.3. The van der Waals surface area contributed by atoms with Crippen molar-refractivity contribution in [1.29, 1.82) is 0 Å². The molecule has 1 aromatic carbocycles. The van der Waals surface area contributed by atoms with Crippen LogP contribution in [0.1, 0.15) is 18.4 Å². The Hall–Kier alpha value is -2.08. The minimum absolute atomic E-state index is 0.138. The molecule has 1 saturated heterocycles. The van der Waals surface area contributed by atoms with Crippen molar-refractivity contribution in [3.05, 3.63) is 29.8 Å². The lowest BCUT2D eigenvalue weighted by Crippen LogP contribution is -2.41. The maximum Gasteiger partial charge on any atom is 0.328 e. The van der Waals surface area contributed by atoms with E-state index in [9.17, 15) is 19.8 Å². The maximum absolute atomic E-state index is 12.2. The number of benzene rings is 1. The number of phenolic OH excluding ortho intramolecular Hbond substituents is 1. The predicted octanol–water partition coefficient (Wildman–Crippen LogP) is 0.460. The number of rotatable bonds is 4. The second-order valence-electron chi connectivity index (χ2n) is 5.10. The zero-order valence-electron chi connectivity index (χ0n) is 11.9. The average Bonchev–Trinajstić information content (AvgIpc) is 2.87. The number of aromatic hydroxyl groups is 1. The summed E-state index contributed by atoms with van der Waals surface area (Å²) >= 11 is 0. The third-order valence-electron chi connectivity index (χ3n) is 3.67. The predicted molar refractivity (Wildman–Crippen MR) is 74.6 cm³/mol. The van der Waals surface area contributed by atoms with Gasteiger partial charge in [0.25, 0.3) is 0 Å². The maximum atomic E-state index is 12.2. The van der Waals surface area contributed by atoms with Crippen molar-refractivity contribution in [3.8, 4) is 5.75 Å². The van der Waals surface area contributed by atoms with Crippen LogP contribution in [0.2, 0.25) is 0 Å². The number of esters is 1. The number of aryl methyl sites for hydroxylation is 1. The Morgan fingerprint density at radius 3 is 2.76 bits per heavy atom. The highest BCUT2D eigenvalue weighted by molar-refractivity contribution is 5.85. The zero-order chi connectivity index (χ0) is 15.4. The summed E-state index contributed by atoms with van der Waals surface area (Å²) < 4.78 is 4.66. The molecule has 21 heavy (non-hydrogen) atoms. The van der Waals surface area contributed by atoms with Crippen LogP contribution in [0.4, 0.5) is 0 Å². The summed E-state index contributed by atoms with van der Waals surface area (Å²) in [4.78, 5) is 25.2. The van der Waals surface area contributed by atoms with Gasteiger partial charge >= 0.3 is 5.97 Å². The molecule has 0 aliphatic carbocycles. The van der Waals surface area contributed by atoms with Crippen molar-refractivity contribution in [1.82, 2.24) is 4.90 Å². The standard InChI is InChI=1S/C15H19NO5/c1-21-15(20)12-8-11(17)9-16(12)14(19)7-6-10-4-2-3-5-13(10)18/h2-5,11-12,17-18H,6-9H2,1H3. The van der Waals surface area contributed by atoms with E-state index >= 15 is 0 Å². The molecular weight excluding hydrogens is 274 g/mol. The van der Waals surface area contributed by atoms with E-state index in [1.807, 2.05) is 0 Å². The molecule has 0 bridgehead atoms. The van der Waals surface area contributed by atoms with Crippen LogP contribution in [0.3, 0.4) is 0 Å². The van der Waals surface area contributed by atoms with Gasteiger partial charge in [-0.1, -0.05) is 18.2 Å². The molecule has 6 nitrogen and oxygen atoms in total. The molecule has 0 radical (unpaired) electrons. The van der Waals surface area contributed by atoms with Crippen LogP contribution in [-0.4, -0.2) is 52.8 Å². The Morgan fingerprint density at radius 1 is 1.38 bits per heavy atom. The summed E-state index contributed by atoms with van der Waals surface area (Å²) in [7, 11) is 1.26. The van der Waals surface area contributed by atoms with E-state index in [4.69, 9.17) is 0 Å². The van der Waals surface area contributed by atoms with E-state index in [2.05, 4.69) is 4.74 Å². The van der Waals surface area contributed by atoms with Gasteiger partial charge in [-0.25, -0.2) is 4.79 Å². The molecule has 1 aliphatic rings. The molecule has 0 spiro atoms. The van der Waals surface area contributed by atoms with Crippen molar-refractivity contribution in [3.63, 3.8) is 0 Å². The lowest BCUT2D eigenvalue weighted by molar-refractivity contribution is -0.150. The van der Waals surface area contributed by atoms with Crippen LogP contribution < -0.4 is 0 Å². The van der Waals surface area contributed by atoms with Gasteiger partial charge in [0.15, 0.2) is 0 Å². The molecule has 1 aromatic rings. The lowest BCUT2D eigenvalue weighted by atomic mass is 10.1. The smallest absolute Gasteiger partial charge is 0.328 e. The van der Waals surface area contributed by atoms with Gasteiger partial charge in [-0.15, -0.1) is 0 Å². The van der Waals surface area contributed by atoms with Gasteiger partial charge in [0.05, 0.1) is 13.2 Å². The number of phenols is 1. The second-order valence-corrected chi connectivity index (χ2v) is 5.10. The topological polar surface area (TPSA) is 87.1 Å². The lowest BCUT2D eigenvalue weighted by Gasteiger charge is -2.22. The van der Waals surface area contributed by atoms with E-state index < -0.39 is 18.1 Å². The summed E-state index contributed by atoms with van der Waals surface area (Å²) in [6.07, 6.45) is 0.0434. The molecular formula is C15H19NO5. The minimum atomic E-state index is -0.720. The molecule has 2 N–H and O–H groups in total. The normalized spacial score (nSPS) is 21.3. The van der Waals surface area contributed by atoms with Crippen LogP contribution in [0.5, 0.6) is 5.75 Å². The SMILES string of the molecule is COC(=O)C1CC(O)CN1C(=O)CCc1ccccc1O. The third kappa shape index (κ3) is 3.52. The average molecular weight is 293 g/mol. The molecule has 1 heterocycles. The number of nitrogens with zero attached hydrogens (tertiary/aromatic N) is 1. The molecule has 1 amide bonds. The molecule has 2 unspecified atom stereocenters. The first-order chi connectivity index (χ1) is 10.0. The van der Waals surface area contributed by atoms with Gasteiger partial charge < -0.3 is 19.8 Å². The minimum Gasteiger partial charge on any atom is -0.508 e. The number of para-hydroxylation sites is 1. The number of amides is 1. The highest BCUT2D eigenvalue weighted by Gasteiger charge is 2.39. The van der Waals surface area contributed by atoms with Crippen LogP contribution in [0, 0.1) is 0 Å². The van der Waals surface area contributed by atoms with Gasteiger partial charge in [-0.3, -0.25) is 4.79 Å². The van der Waals surface area contributed by atoms with E-state index in [0.29, 0.717) is 12.0 Å². The molecule has 2 atom stereocenters. The highest BCUT2D eigenvalue weighted by atomic mass is 16.5. The van der Waals surface area contributed by atoms with Crippen molar-refractivity contribution in [2.24, 2.45) is 0 Å². The van der Waals surface area contributed by atoms with Gasteiger partial charge in [-0.2, -0.15) is 0 Å². The first-order valence-corrected chi connectivity index (χ1v) is 6.85. The quantitative estimate of drug-likeness (QED) is 0.788. The first-order valence-electron chi connectivity index (χ1n) is 6.85. The number of carbonyl (C=O) groups excluding carboxylic acids is 2. The number of methoxy groups -OCH3 is 1. The molecule has 6 heteroatoms. The van der Waals surface area contributed by atoms with Crippen molar-refractivity contribution < 1.29 is 24.5 Å². The van der Waals surface area contributed by atoms with Crippen LogP contribution in [0.15, 0.2) is 24.3 Å². The Kier molecular flexibility index (Phi) is 4.80. The highest BCUT2D eigenvalue weighted by Crippen LogP contribution is 2.22. The number of hydrogen-bond acceptors (Lipinski definition) is 5. The summed E-state index contributed by atoms with van der Waals surface area (Å²) in [6.45, 7) is 0.138. The molecule has 1 aliphatic heterocycles. The molecule has 1 fully saturated rings. The van der Waals surface area contributed by atoms with Crippen molar-refractivity contribution >= 4 is 11.9 Å². The number of likely N-dealkylation sites (tertiary alicyclic amines) is 1. The Balaban J connectivity index is 1.99. The van der Waals surface area contributed by atoms with Crippen LogP contribution >= 0.6 is 0 Å². The summed E-state index contributed by atoms with van der Waals surface area (Å²) in [5.41, 5.74) is 0.681. The fraction of sp³-hybridized carbons (Fsp3) is 0.467. The number of aliphatic hydroxyl groups is 1. The zero-order valence-corrected chi connectivity index (χ0v) is 11.9. The number of β-amino-alcohol motifs (C(OH)–C–C–N with tert-alkyl or cyclic N) is 1.